The van der Waals surface area contributed by atoms with Crippen LogP contribution in [0.1, 0.15) is 5.56 Å². The number of amides is 1. The predicted molar refractivity (Wildman–Crippen MR) is 60.4 cm³/mol. The van der Waals surface area contributed by atoms with E-state index in [0.29, 0.717) is 0 Å². The molecule has 0 unspecified atom stereocenters. The van der Waals surface area contributed by atoms with E-state index < -0.39 is 18.7 Å². The summed E-state index contributed by atoms with van der Waals surface area (Å²) in [5, 5.41) is 2.37. The molecule has 0 fully saturated rings. The number of nitrogens with two attached hydrogens (primary N) is 1. The molecule has 0 aliphatic rings. The lowest BCUT2D eigenvalue weighted by atomic mass is 10.2. The predicted octanol–water partition coefficient (Wildman–Crippen LogP) is 1.83. The lowest BCUT2D eigenvalue weighted by Gasteiger charge is -2.14. The maximum Gasteiger partial charge on any atom is 0.422 e. The molecular formula is C11H13F3N2O2. The molecule has 1 rings (SSSR count). The molecule has 7 heteroatoms. The zero-order valence-electron chi connectivity index (χ0n) is 9.67. The third kappa shape index (κ3) is 4.62. The molecule has 0 heterocycles. The van der Waals surface area contributed by atoms with Crippen molar-refractivity contribution in [2.45, 2.75) is 13.1 Å². The zero-order chi connectivity index (χ0) is 13.8. The van der Waals surface area contributed by atoms with Crippen LogP contribution < -0.4 is 15.8 Å². The van der Waals surface area contributed by atoms with Gasteiger partial charge in [0.2, 0.25) is 5.91 Å². The molecule has 0 atom stereocenters. The van der Waals surface area contributed by atoms with Gasteiger partial charge in [0.05, 0.1) is 12.2 Å². The summed E-state index contributed by atoms with van der Waals surface area (Å²) in [6, 6.07) is 4.53. The largest absolute Gasteiger partial charge is 0.482 e. The summed E-state index contributed by atoms with van der Waals surface area (Å²) in [6.45, 7) is 0.0313. The van der Waals surface area contributed by atoms with Crippen LogP contribution in [0.4, 0.5) is 18.9 Å². The van der Waals surface area contributed by atoms with Gasteiger partial charge in [-0.2, -0.15) is 13.2 Å². The minimum atomic E-state index is -4.43. The molecule has 3 N–H and O–H groups in total. The molecule has 0 saturated heterocycles. The third-order valence-electron chi connectivity index (χ3n) is 1.99. The molecule has 0 spiro atoms. The number of alkyl halides is 3. The molecule has 0 radical (unpaired) electrons. The van der Waals surface area contributed by atoms with Crippen LogP contribution in [0.5, 0.6) is 5.75 Å². The Morgan fingerprint density at radius 3 is 2.67 bits per heavy atom. The molecule has 0 aliphatic heterocycles. The average molecular weight is 262 g/mol. The van der Waals surface area contributed by atoms with E-state index in [1.165, 1.54) is 12.1 Å². The summed E-state index contributed by atoms with van der Waals surface area (Å²) in [5.74, 6) is -0.537. The number of anilines is 1. The molecule has 1 amide bonds. The van der Waals surface area contributed by atoms with Crippen LogP contribution in [0.2, 0.25) is 0 Å². The summed E-state index contributed by atoms with van der Waals surface area (Å²) in [4.78, 5) is 11.1. The summed E-state index contributed by atoms with van der Waals surface area (Å²) in [6.07, 6.45) is -4.43. The Morgan fingerprint density at radius 1 is 1.44 bits per heavy atom. The van der Waals surface area contributed by atoms with E-state index in [-0.39, 0.29) is 18.0 Å². The van der Waals surface area contributed by atoms with Gasteiger partial charge in [0.15, 0.2) is 6.61 Å². The molecule has 1 aromatic carbocycles. The first-order valence-electron chi connectivity index (χ1n) is 5.12. The Kier molecular flexibility index (Phi) is 4.55. The van der Waals surface area contributed by atoms with Crippen molar-refractivity contribution in [3.63, 3.8) is 0 Å². The van der Waals surface area contributed by atoms with E-state index in [2.05, 4.69) is 10.1 Å². The summed E-state index contributed by atoms with van der Waals surface area (Å²) < 4.78 is 40.9. The Morgan fingerprint density at radius 2 is 2.11 bits per heavy atom. The molecule has 4 nitrogen and oxygen atoms in total. The van der Waals surface area contributed by atoms with Gasteiger partial charge in [-0.15, -0.1) is 0 Å². The third-order valence-corrected chi connectivity index (χ3v) is 1.99. The van der Waals surface area contributed by atoms with Crippen LogP contribution >= 0.6 is 0 Å². The van der Waals surface area contributed by atoms with E-state index in [9.17, 15) is 18.0 Å². The van der Waals surface area contributed by atoms with E-state index in [0.717, 1.165) is 5.56 Å². The van der Waals surface area contributed by atoms with Gasteiger partial charge in [-0.1, -0.05) is 6.07 Å². The standard InChI is InChI=1S/C11H13F3N2O2/c1-7-2-3-8(16-10(17)5-15)9(4-7)18-6-11(12,13)14/h2-4H,5-6,15H2,1H3,(H,16,17). The lowest BCUT2D eigenvalue weighted by Crippen LogP contribution is -2.23. The van der Waals surface area contributed by atoms with E-state index in [1.54, 1.807) is 13.0 Å². The first kappa shape index (κ1) is 14.3. The smallest absolute Gasteiger partial charge is 0.422 e. The van der Waals surface area contributed by atoms with Crippen LogP contribution in [-0.2, 0) is 4.79 Å². The van der Waals surface area contributed by atoms with Crippen LogP contribution in [0.25, 0.3) is 0 Å². The average Bonchev–Trinajstić information content (AvgIpc) is 2.28. The number of hydrogen-bond acceptors (Lipinski definition) is 3. The van der Waals surface area contributed by atoms with Crippen molar-refractivity contribution in [3.05, 3.63) is 23.8 Å². The molecule has 0 saturated carbocycles. The highest BCUT2D eigenvalue weighted by atomic mass is 19.4. The SMILES string of the molecule is Cc1ccc(NC(=O)CN)c(OCC(F)(F)F)c1. The zero-order valence-corrected chi connectivity index (χ0v) is 9.67. The van der Waals surface area contributed by atoms with Crippen molar-refractivity contribution in [1.29, 1.82) is 0 Å². The number of ether oxygens (including phenoxy) is 1. The van der Waals surface area contributed by atoms with Crippen molar-refractivity contribution in [1.82, 2.24) is 0 Å². The maximum absolute atomic E-state index is 12.1. The van der Waals surface area contributed by atoms with Crippen molar-refractivity contribution in [2.24, 2.45) is 5.73 Å². The highest BCUT2D eigenvalue weighted by Gasteiger charge is 2.28. The van der Waals surface area contributed by atoms with Crippen molar-refractivity contribution in [2.75, 3.05) is 18.5 Å². The second-order valence-corrected chi connectivity index (χ2v) is 3.66. The number of carbonyl (C=O) groups is 1. The van der Waals surface area contributed by atoms with Gasteiger partial charge >= 0.3 is 6.18 Å². The second kappa shape index (κ2) is 5.72. The van der Waals surface area contributed by atoms with E-state index in [4.69, 9.17) is 5.73 Å². The van der Waals surface area contributed by atoms with Crippen LogP contribution in [0, 0.1) is 6.92 Å². The van der Waals surface area contributed by atoms with Crippen LogP contribution in [0.15, 0.2) is 18.2 Å². The van der Waals surface area contributed by atoms with E-state index >= 15 is 0 Å². The lowest BCUT2D eigenvalue weighted by molar-refractivity contribution is -0.153. The van der Waals surface area contributed by atoms with E-state index in [1.807, 2.05) is 0 Å². The van der Waals surface area contributed by atoms with Gasteiger partial charge in [-0.05, 0) is 24.6 Å². The molecule has 1 aromatic rings. The Hall–Kier alpha value is -1.76. The fraction of sp³-hybridized carbons (Fsp3) is 0.364. The fourth-order valence-electron chi connectivity index (χ4n) is 1.21. The van der Waals surface area contributed by atoms with Gasteiger partial charge in [0, 0.05) is 0 Å². The summed E-state index contributed by atoms with van der Waals surface area (Å²) >= 11 is 0. The van der Waals surface area contributed by atoms with Gasteiger partial charge < -0.3 is 15.8 Å². The van der Waals surface area contributed by atoms with Gasteiger partial charge in [-0.25, -0.2) is 0 Å². The molecule has 100 valence electrons. The van der Waals surface area contributed by atoms with Crippen molar-refractivity contribution >= 4 is 11.6 Å². The highest BCUT2D eigenvalue weighted by Crippen LogP contribution is 2.27. The summed E-state index contributed by atoms with van der Waals surface area (Å²) in [7, 11) is 0. The normalized spacial score (nSPS) is 11.2. The van der Waals surface area contributed by atoms with Gasteiger partial charge in [0.25, 0.3) is 0 Å². The molecule has 0 aliphatic carbocycles. The molecular weight excluding hydrogens is 249 g/mol. The number of nitrogens with one attached hydrogen (secondary N) is 1. The summed E-state index contributed by atoms with van der Waals surface area (Å²) in [5.41, 5.74) is 6.00. The number of halogens is 3. The van der Waals surface area contributed by atoms with Crippen LogP contribution in [0.3, 0.4) is 0 Å². The Bertz CT molecular complexity index is 433. The fourth-order valence-corrected chi connectivity index (χ4v) is 1.21. The molecule has 0 aromatic heterocycles. The van der Waals surface area contributed by atoms with Gasteiger partial charge in [-0.3, -0.25) is 4.79 Å². The van der Waals surface area contributed by atoms with Crippen molar-refractivity contribution < 1.29 is 22.7 Å². The number of hydrogen-bond donors (Lipinski definition) is 2. The maximum atomic E-state index is 12.1. The van der Waals surface area contributed by atoms with Crippen LogP contribution in [-0.4, -0.2) is 25.2 Å². The number of carbonyl (C=O) groups excluding carboxylic acids is 1. The number of benzene rings is 1. The van der Waals surface area contributed by atoms with Gasteiger partial charge in [0.1, 0.15) is 5.75 Å². The molecule has 18 heavy (non-hydrogen) atoms. The second-order valence-electron chi connectivity index (χ2n) is 3.66. The number of rotatable bonds is 4. The first-order chi connectivity index (χ1) is 8.31. The monoisotopic (exact) mass is 262 g/mol. The van der Waals surface area contributed by atoms with Crippen molar-refractivity contribution in [3.8, 4) is 5.75 Å². The topological polar surface area (TPSA) is 64.4 Å². The minimum absolute atomic E-state index is 0.0332. The Balaban J connectivity index is 2.86. The first-order valence-corrected chi connectivity index (χ1v) is 5.12. The Labute approximate surface area is 102 Å². The minimum Gasteiger partial charge on any atom is -0.482 e. The highest BCUT2D eigenvalue weighted by molar-refractivity contribution is 5.93. The molecule has 0 bridgehead atoms. The number of aryl methyl sites for hydroxylation is 1. The quantitative estimate of drug-likeness (QED) is 0.870.